The van der Waals surface area contributed by atoms with Gasteiger partial charge in [-0.3, -0.25) is 4.79 Å². The topological polar surface area (TPSA) is 26.3 Å². The molecule has 0 saturated heterocycles. The van der Waals surface area contributed by atoms with E-state index in [9.17, 15) is 9.18 Å². The first-order valence-corrected chi connectivity index (χ1v) is 13.0. The number of hydrogen-bond donors (Lipinski definition) is 0. The zero-order chi connectivity index (χ0) is 22.2. The second-order valence-electron chi connectivity index (χ2n) is 10.2. The fourth-order valence-corrected chi connectivity index (χ4v) is 5.93. The van der Waals surface area contributed by atoms with E-state index in [1.807, 2.05) is 0 Å². The molecule has 0 spiro atoms. The number of halogens is 1. The van der Waals surface area contributed by atoms with E-state index in [1.165, 1.54) is 77.0 Å². The van der Waals surface area contributed by atoms with Gasteiger partial charge in [0.05, 0.1) is 6.61 Å². The third-order valence-corrected chi connectivity index (χ3v) is 8.11. The van der Waals surface area contributed by atoms with Gasteiger partial charge in [-0.15, -0.1) is 0 Å². The molecule has 0 N–H and O–H groups in total. The summed E-state index contributed by atoms with van der Waals surface area (Å²) in [6, 6.07) is 3.35. The number of hydrogen-bond acceptors (Lipinski definition) is 2. The van der Waals surface area contributed by atoms with E-state index < -0.39 is 0 Å². The molecule has 1 aromatic rings. The minimum Gasteiger partial charge on any atom is -0.490 e. The maximum absolute atomic E-state index is 14.7. The third-order valence-electron chi connectivity index (χ3n) is 8.11. The van der Waals surface area contributed by atoms with Crippen molar-refractivity contribution in [1.29, 1.82) is 0 Å². The summed E-state index contributed by atoms with van der Waals surface area (Å²) in [4.78, 5) is 11.9. The van der Waals surface area contributed by atoms with Crippen molar-refractivity contribution in [1.82, 2.24) is 0 Å². The van der Waals surface area contributed by atoms with Crippen LogP contribution in [0.5, 0.6) is 5.75 Å². The molecule has 2 aliphatic rings. The lowest BCUT2D eigenvalue weighted by Crippen LogP contribution is -2.27. The van der Waals surface area contributed by atoms with E-state index in [-0.39, 0.29) is 11.6 Å². The van der Waals surface area contributed by atoms with Crippen molar-refractivity contribution in [2.24, 2.45) is 23.7 Å². The Labute approximate surface area is 189 Å². The van der Waals surface area contributed by atoms with Gasteiger partial charge in [0, 0.05) is 12.0 Å². The number of Topliss-reactive ketones (excluding diaryl/α,β-unsaturated/α-hetero) is 1. The first-order valence-electron chi connectivity index (χ1n) is 13.0. The van der Waals surface area contributed by atoms with Crippen LogP contribution in [0.1, 0.15) is 113 Å². The van der Waals surface area contributed by atoms with Gasteiger partial charge in [0.1, 0.15) is 0 Å². The van der Waals surface area contributed by atoms with Crippen LogP contribution in [-0.4, -0.2) is 12.4 Å². The van der Waals surface area contributed by atoms with Crippen LogP contribution >= 0.6 is 0 Å². The van der Waals surface area contributed by atoms with Crippen molar-refractivity contribution < 1.29 is 13.9 Å². The van der Waals surface area contributed by atoms with Crippen molar-refractivity contribution in [2.75, 3.05) is 6.61 Å². The first-order chi connectivity index (χ1) is 15.0. The summed E-state index contributed by atoms with van der Waals surface area (Å²) in [5, 5.41) is 0. The maximum Gasteiger partial charge on any atom is 0.168 e. The lowest BCUT2D eigenvalue weighted by atomic mass is 9.69. The van der Waals surface area contributed by atoms with Crippen LogP contribution in [0.2, 0.25) is 0 Å². The van der Waals surface area contributed by atoms with Gasteiger partial charge >= 0.3 is 0 Å². The molecule has 1 aromatic carbocycles. The molecule has 3 heteroatoms. The molecule has 0 amide bonds. The molecule has 2 nitrogen and oxygen atoms in total. The van der Waals surface area contributed by atoms with E-state index in [1.54, 1.807) is 26.0 Å². The van der Waals surface area contributed by atoms with Gasteiger partial charge < -0.3 is 4.74 Å². The van der Waals surface area contributed by atoms with E-state index in [0.29, 0.717) is 35.8 Å². The molecule has 2 aliphatic carbocycles. The zero-order valence-corrected chi connectivity index (χ0v) is 20.1. The van der Waals surface area contributed by atoms with Crippen molar-refractivity contribution in [3.63, 3.8) is 0 Å². The lowest BCUT2D eigenvalue weighted by Gasteiger charge is -2.38. The number of unbranched alkanes of at least 4 members (excludes halogenated alkanes) is 2. The molecule has 0 bridgehead atoms. The highest BCUT2D eigenvalue weighted by Crippen LogP contribution is 2.42. The monoisotopic (exact) mass is 430 g/mol. The minimum atomic E-state index is -0.372. The van der Waals surface area contributed by atoms with Gasteiger partial charge in [0.25, 0.3) is 0 Å². The number of ketones is 1. The SMILES string of the molecule is CCCCCC1CCC(C2CCC(COc3ccc(C(=O)CC)c(C)c3F)CC2)CC1. The van der Waals surface area contributed by atoms with E-state index in [0.717, 1.165) is 17.8 Å². The largest absolute Gasteiger partial charge is 0.490 e. The molecule has 0 aromatic heterocycles. The van der Waals surface area contributed by atoms with Crippen LogP contribution < -0.4 is 4.74 Å². The predicted molar refractivity (Wildman–Crippen MR) is 126 cm³/mol. The van der Waals surface area contributed by atoms with Gasteiger partial charge in [-0.05, 0) is 86.8 Å². The Balaban J connectivity index is 1.40. The zero-order valence-electron chi connectivity index (χ0n) is 20.1. The van der Waals surface area contributed by atoms with Crippen molar-refractivity contribution in [3.05, 3.63) is 29.1 Å². The Kier molecular flexibility index (Phi) is 9.41. The quantitative estimate of drug-likeness (QED) is 0.276. The molecule has 2 fully saturated rings. The number of rotatable bonds is 10. The normalized spacial score (nSPS) is 26.6. The Morgan fingerprint density at radius 2 is 1.55 bits per heavy atom. The van der Waals surface area contributed by atoms with Gasteiger partial charge in [-0.25, -0.2) is 4.39 Å². The van der Waals surface area contributed by atoms with E-state index in [4.69, 9.17) is 4.74 Å². The van der Waals surface area contributed by atoms with Crippen molar-refractivity contribution in [2.45, 2.75) is 104 Å². The second kappa shape index (κ2) is 12.0. The molecule has 2 saturated carbocycles. The number of carbonyl (C=O) groups is 1. The standard InChI is InChI=1S/C28H43FO2/c1-4-6-7-8-21-9-13-23(14-10-21)24-15-11-22(12-16-24)19-31-27-18-17-25(26(30)5-2)20(3)28(27)29/h17-18,21-24H,4-16,19H2,1-3H3. The minimum absolute atomic E-state index is 0.0173. The Bertz CT molecular complexity index is 697. The maximum atomic E-state index is 14.7. The summed E-state index contributed by atoms with van der Waals surface area (Å²) in [5.41, 5.74) is 0.895. The van der Waals surface area contributed by atoms with Crippen LogP contribution in [0.25, 0.3) is 0 Å². The van der Waals surface area contributed by atoms with Gasteiger partial charge in [0.15, 0.2) is 17.3 Å². The summed E-state index contributed by atoms with van der Waals surface area (Å²) < 4.78 is 20.6. The average molecular weight is 431 g/mol. The van der Waals surface area contributed by atoms with Crippen LogP contribution in [0.15, 0.2) is 12.1 Å². The smallest absolute Gasteiger partial charge is 0.168 e. The summed E-state index contributed by atoms with van der Waals surface area (Å²) in [6.07, 6.45) is 16.8. The van der Waals surface area contributed by atoms with E-state index >= 15 is 0 Å². The summed E-state index contributed by atoms with van der Waals surface area (Å²) in [5.74, 6) is 3.26. The van der Waals surface area contributed by atoms with Gasteiger partial charge in [-0.2, -0.15) is 0 Å². The van der Waals surface area contributed by atoms with Gasteiger partial charge in [0.2, 0.25) is 0 Å². The number of benzene rings is 1. The first kappa shape index (κ1) is 24.3. The van der Waals surface area contributed by atoms with Crippen molar-refractivity contribution >= 4 is 5.78 Å². The third kappa shape index (κ3) is 6.56. The molecule has 174 valence electrons. The molecular weight excluding hydrogens is 387 g/mol. The second-order valence-corrected chi connectivity index (χ2v) is 10.2. The molecule has 0 radical (unpaired) electrons. The average Bonchev–Trinajstić information content (AvgIpc) is 2.80. The molecule has 0 aliphatic heterocycles. The van der Waals surface area contributed by atoms with Crippen molar-refractivity contribution in [3.8, 4) is 5.75 Å². The van der Waals surface area contributed by atoms with Gasteiger partial charge in [-0.1, -0.05) is 52.4 Å². The number of carbonyl (C=O) groups excluding carboxylic acids is 1. The van der Waals surface area contributed by atoms with Crippen LogP contribution in [-0.2, 0) is 0 Å². The summed E-state index contributed by atoms with van der Waals surface area (Å²) in [7, 11) is 0. The Morgan fingerprint density at radius 1 is 0.935 bits per heavy atom. The van der Waals surface area contributed by atoms with Crippen LogP contribution in [0.4, 0.5) is 4.39 Å². The summed E-state index contributed by atoms with van der Waals surface area (Å²) in [6.45, 7) is 6.37. The van der Waals surface area contributed by atoms with E-state index in [2.05, 4.69) is 6.92 Å². The lowest BCUT2D eigenvalue weighted by molar-refractivity contribution is 0.0986. The Morgan fingerprint density at radius 3 is 2.13 bits per heavy atom. The molecular formula is C28H43FO2. The predicted octanol–water partition coefficient (Wildman–Crippen LogP) is 8.30. The van der Waals surface area contributed by atoms with Crippen LogP contribution in [0, 0.1) is 36.4 Å². The molecule has 0 atom stereocenters. The molecule has 3 rings (SSSR count). The number of ether oxygens (including phenoxy) is 1. The fraction of sp³-hybridized carbons (Fsp3) is 0.750. The Hall–Kier alpha value is -1.38. The molecule has 0 unspecified atom stereocenters. The molecule has 31 heavy (non-hydrogen) atoms. The highest BCUT2D eigenvalue weighted by atomic mass is 19.1. The van der Waals surface area contributed by atoms with Crippen LogP contribution in [0.3, 0.4) is 0 Å². The highest BCUT2D eigenvalue weighted by molar-refractivity contribution is 5.97. The summed E-state index contributed by atoms with van der Waals surface area (Å²) >= 11 is 0. The highest BCUT2D eigenvalue weighted by Gasteiger charge is 2.31. The fourth-order valence-electron chi connectivity index (χ4n) is 5.93. The molecule has 0 heterocycles.